The number of hydrogen-bond donors (Lipinski definition) is 2. The van der Waals surface area contributed by atoms with Gasteiger partial charge in [0.05, 0.1) is 13.2 Å². The lowest BCUT2D eigenvalue weighted by Gasteiger charge is -2.07. The minimum Gasteiger partial charge on any atom is -0.504 e. The summed E-state index contributed by atoms with van der Waals surface area (Å²) in [6.45, 7) is 2.60. The predicted octanol–water partition coefficient (Wildman–Crippen LogP) is 3.08. The second-order valence-electron chi connectivity index (χ2n) is 4.59. The van der Waals surface area contributed by atoms with Crippen LogP contribution >= 0.6 is 11.3 Å². The Hall–Kier alpha value is -2.78. The molecule has 2 N–H and O–H groups in total. The van der Waals surface area contributed by atoms with Gasteiger partial charge in [0, 0.05) is 4.88 Å². The van der Waals surface area contributed by atoms with Crippen LogP contribution < -0.4 is 10.1 Å². The Bertz CT molecular complexity index is 746. The molecule has 0 radical (unpaired) electrons. The molecule has 0 aliphatic rings. The van der Waals surface area contributed by atoms with Crippen LogP contribution in [-0.2, 0) is 11.3 Å². The minimum absolute atomic E-state index is 0.00491. The summed E-state index contributed by atoms with van der Waals surface area (Å²) in [6, 6.07) is 10.4. The van der Waals surface area contributed by atoms with Gasteiger partial charge < -0.3 is 15.2 Å². The van der Waals surface area contributed by atoms with Crippen LogP contribution in [0, 0.1) is 11.3 Å². The Morgan fingerprint density at radius 1 is 1.48 bits per heavy atom. The number of rotatable bonds is 6. The summed E-state index contributed by atoms with van der Waals surface area (Å²) in [6.07, 6.45) is 1.46. The third-order valence-corrected chi connectivity index (χ3v) is 3.84. The van der Waals surface area contributed by atoms with E-state index in [0.717, 1.165) is 4.88 Å². The van der Waals surface area contributed by atoms with E-state index in [2.05, 4.69) is 5.32 Å². The zero-order valence-electron chi connectivity index (χ0n) is 12.6. The highest BCUT2D eigenvalue weighted by molar-refractivity contribution is 7.09. The van der Waals surface area contributed by atoms with Gasteiger partial charge in [-0.1, -0.05) is 12.1 Å². The molecule has 1 heterocycles. The third kappa shape index (κ3) is 4.59. The van der Waals surface area contributed by atoms with E-state index < -0.39 is 5.91 Å². The van der Waals surface area contributed by atoms with Crippen LogP contribution in [0.1, 0.15) is 17.4 Å². The second kappa shape index (κ2) is 8.01. The normalized spacial score (nSPS) is 10.9. The van der Waals surface area contributed by atoms with Gasteiger partial charge in [0.25, 0.3) is 5.91 Å². The van der Waals surface area contributed by atoms with Crippen LogP contribution in [0.3, 0.4) is 0 Å². The van der Waals surface area contributed by atoms with Crippen molar-refractivity contribution in [1.82, 2.24) is 5.32 Å². The number of benzene rings is 1. The fraction of sp³-hybridized carbons (Fsp3) is 0.176. The Morgan fingerprint density at radius 2 is 2.30 bits per heavy atom. The maximum atomic E-state index is 12.1. The van der Waals surface area contributed by atoms with E-state index in [-0.39, 0.29) is 11.3 Å². The minimum atomic E-state index is -0.438. The number of amides is 1. The summed E-state index contributed by atoms with van der Waals surface area (Å²) in [5.41, 5.74) is 0.601. The Morgan fingerprint density at radius 3 is 2.96 bits per heavy atom. The average Bonchev–Trinajstić information content (AvgIpc) is 3.07. The number of nitriles is 1. The smallest absolute Gasteiger partial charge is 0.262 e. The highest BCUT2D eigenvalue weighted by atomic mass is 32.1. The van der Waals surface area contributed by atoms with Crippen molar-refractivity contribution in [2.45, 2.75) is 13.5 Å². The van der Waals surface area contributed by atoms with Gasteiger partial charge in [-0.3, -0.25) is 4.79 Å². The maximum Gasteiger partial charge on any atom is 0.262 e. The van der Waals surface area contributed by atoms with Crippen molar-refractivity contribution >= 4 is 23.3 Å². The van der Waals surface area contributed by atoms with Crippen LogP contribution in [0.15, 0.2) is 41.3 Å². The average molecular weight is 328 g/mol. The Labute approximate surface area is 138 Å². The van der Waals surface area contributed by atoms with Crippen molar-refractivity contribution in [3.8, 4) is 17.6 Å². The number of carbonyl (C=O) groups is 1. The number of nitrogens with zero attached hydrogens (tertiary/aromatic N) is 1. The van der Waals surface area contributed by atoms with E-state index in [0.29, 0.717) is 24.5 Å². The van der Waals surface area contributed by atoms with Crippen LogP contribution in [-0.4, -0.2) is 17.6 Å². The molecule has 2 aromatic rings. The van der Waals surface area contributed by atoms with Gasteiger partial charge in [-0.15, -0.1) is 11.3 Å². The van der Waals surface area contributed by atoms with Gasteiger partial charge in [0.1, 0.15) is 11.6 Å². The molecule has 5 nitrogen and oxygen atoms in total. The van der Waals surface area contributed by atoms with Crippen LogP contribution in [0.4, 0.5) is 0 Å². The van der Waals surface area contributed by atoms with Crippen LogP contribution in [0.5, 0.6) is 11.5 Å². The molecule has 1 amide bonds. The molecule has 1 aromatic carbocycles. The van der Waals surface area contributed by atoms with E-state index in [4.69, 9.17) is 4.74 Å². The number of ether oxygens (including phenoxy) is 1. The van der Waals surface area contributed by atoms with E-state index in [1.54, 1.807) is 19.1 Å². The number of phenols is 1. The van der Waals surface area contributed by atoms with Crippen molar-refractivity contribution in [2.24, 2.45) is 0 Å². The molecular weight excluding hydrogens is 312 g/mol. The lowest BCUT2D eigenvalue weighted by Crippen LogP contribution is -2.23. The maximum absolute atomic E-state index is 12.1. The van der Waals surface area contributed by atoms with Crippen LogP contribution in [0.2, 0.25) is 0 Å². The first-order chi connectivity index (χ1) is 11.1. The lowest BCUT2D eigenvalue weighted by molar-refractivity contribution is -0.117. The van der Waals surface area contributed by atoms with Crippen molar-refractivity contribution < 1.29 is 14.6 Å². The largest absolute Gasteiger partial charge is 0.504 e. The number of carbonyl (C=O) groups excluding carboxylic acids is 1. The van der Waals surface area contributed by atoms with E-state index >= 15 is 0 Å². The number of hydrogen-bond acceptors (Lipinski definition) is 5. The molecule has 0 saturated heterocycles. The highest BCUT2D eigenvalue weighted by Gasteiger charge is 2.10. The van der Waals surface area contributed by atoms with Gasteiger partial charge in [-0.05, 0) is 42.1 Å². The summed E-state index contributed by atoms with van der Waals surface area (Å²) in [5, 5.41) is 23.5. The number of phenolic OH excluding ortho intramolecular Hbond substituents is 1. The Balaban J connectivity index is 2.13. The SMILES string of the molecule is CCOc1cc(/C=C(/C#N)C(=O)NCc2cccs2)ccc1O. The topological polar surface area (TPSA) is 82.3 Å². The number of nitrogens with one attached hydrogen (secondary N) is 1. The number of thiophene rings is 1. The Kier molecular flexibility index (Phi) is 5.78. The van der Waals surface area contributed by atoms with Crippen molar-refractivity contribution in [1.29, 1.82) is 5.26 Å². The summed E-state index contributed by atoms with van der Waals surface area (Å²) >= 11 is 1.54. The molecule has 23 heavy (non-hydrogen) atoms. The highest BCUT2D eigenvalue weighted by Crippen LogP contribution is 2.27. The summed E-state index contributed by atoms with van der Waals surface area (Å²) in [7, 11) is 0. The molecule has 0 bridgehead atoms. The molecule has 0 spiro atoms. The molecule has 0 fully saturated rings. The van der Waals surface area contributed by atoms with Crippen LogP contribution in [0.25, 0.3) is 6.08 Å². The van der Waals surface area contributed by atoms with Gasteiger partial charge in [-0.2, -0.15) is 5.26 Å². The summed E-state index contributed by atoms with van der Waals surface area (Å²) in [4.78, 5) is 13.1. The molecule has 0 atom stereocenters. The second-order valence-corrected chi connectivity index (χ2v) is 5.62. The fourth-order valence-electron chi connectivity index (χ4n) is 1.88. The van der Waals surface area contributed by atoms with Crippen molar-refractivity contribution in [3.05, 3.63) is 51.7 Å². The first-order valence-corrected chi connectivity index (χ1v) is 7.90. The molecule has 0 saturated carbocycles. The van der Waals surface area contributed by atoms with Gasteiger partial charge in [0.2, 0.25) is 0 Å². The quantitative estimate of drug-likeness (QED) is 0.630. The molecule has 118 valence electrons. The zero-order chi connectivity index (χ0) is 16.7. The lowest BCUT2D eigenvalue weighted by atomic mass is 10.1. The third-order valence-electron chi connectivity index (χ3n) is 2.96. The molecule has 0 unspecified atom stereocenters. The molecule has 0 aliphatic heterocycles. The first-order valence-electron chi connectivity index (χ1n) is 7.02. The molecular formula is C17H16N2O3S. The summed E-state index contributed by atoms with van der Waals surface area (Å²) < 4.78 is 5.29. The van der Waals surface area contributed by atoms with Gasteiger partial charge in [0.15, 0.2) is 11.5 Å². The molecule has 0 aliphatic carbocycles. The predicted molar refractivity (Wildman–Crippen MR) is 89.0 cm³/mol. The molecule has 1 aromatic heterocycles. The monoisotopic (exact) mass is 328 g/mol. The van der Waals surface area contributed by atoms with E-state index in [1.165, 1.54) is 23.5 Å². The molecule has 6 heteroatoms. The number of aromatic hydroxyl groups is 1. The zero-order valence-corrected chi connectivity index (χ0v) is 13.4. The van der Waals surface area contributed by atoms with E-state index in [9.17, 15) is 15.2 Å². The van der Waals surface area contributed by atoms with Gasteiger partial charge in [-0.25, -0.2) is 0 Å². The van der Waals surface area contributed by atoms with Gasteiger partial charge >= 0.3 is 0 Å². The van der Waals surface area contributed by atoms with Crippen molar-refractivity contribution in [2.75, 3.05) is 6.61 Å². The van der Waals surface area contributed by atoms with Crippen molar-refractivity contribution in [3.63, 3.8) is 0 Å². The van der Waals surface area contributed by atoms with E-state index in [1.807, 2.05) is 23.6 Å². The fourth-order valence-corrected chi connectivity index (χ4v) is 2.53. The first kappa shape index (κ1) is 16.6. The summed E-state index contributed by atoms with van der Waals surface area (Å²) in [5.74, 6) is -0.103. The standard InChI is InChI=1S/C17H16N2O3S/c1-2-22-16-9-12(5-6-15(16)20)8-13(10-18)17(21)19-11-14-4-3-7-23-14/h3-9,20H,2,11H2,1H3,(H,19,21)/b13-8-. The molecule has 2 rings (SSSR count).